The third kappa shape index (κ3) is 4.04. The molecule has 6 N–H and O–H groups in total. The molecule has 1 aliphatic heterocycles. The van der Waals surface area contributed by atoms with Crippen molar-refractivity contribution < 1.29 is 44.3 Å². The van der Waals surface area contributed by atoms with Gasteiger partial charge in [0.15, 0.2) is 22.9 Å². The summed E-state index contributed by atoms with van der Waals surface area (Å²) in [7, 11) is 6.98. The molecule has 0 bridgehead atoms. The van der Waals surface area contributed by atoms with Crippen molar-refractivity contribution in [2.45, 2.75) is 31.0 Å². The first kappa shape index (κ1) is 28.7. The zero-order chi connectivity index (χ0) is 31.1. The van der Waals surface area contributed by atoms with E-state index in [1.54, 1.807) is 20.2 Å². The van der Waals surface area contributed by atoms with Crippen molar-refractivity contribution in [3.05, 3.63) is 57.9 Å². The van der Waals surface area contributed by atoms with Crippen molar-refractivity contribution in [3.63, 3.8) is 0 Å². The summed E-state index contributed by atoms with van der Waals surface area (Å²) in [6, 6.07) is 5.76. The van der Waals surface area contributed by atoms with E-state index in [1.165, 1.54) is 11.0 Å². The number of carbonyl (C=O) groups is 3. The van der Waals surface area contributed by atoms with Gasteiger partial charge >= 0.3 is 0 Å². The summed E-state index contributed by atoms with van der Waals surface area (Å²) in [5, 5.41) is 45.4. The summed E-state index contributed by atoms with van der Waals surface area (Å²) in [5.41, 5.74) is 4.66. The summed E-state index contributed by atoms with van der Waals surface area (Å²) < 4.78 is 11.2. The lowest BCUT2D eigenvalue weighted by Crippen LogP contribution is -2.65. The Hall–Kier alpha value is -4.39. The minimum atomic E-state index is -2.69. The number of nitrogens with zero attached hydrogens (tertiary/aromatic N) is 2. The number of phenolic OH excluding ortho intramolecular Hbond substituents is 1. The Balaban J connectivity index is 1.56. The summed E-state index contributed by atoms with van der Waals surface area (Å²) in [6.07, 6.45) is 0.181. The Morgan fingerprint density at radius 1 is 1.05 bits per heavy atom. The van der Waals surface area contributed by atoms with E-state index >= 15 is 0 Å². The Bertz CT molecular complexity index is 1670. The number of phenols is 1. The highest BCUT2D eigenvalue weighted by atomic mass is 16.7. The molecule has 1 fully saturated rings. The third-order valence-corrected chi connectivity index (χ3v) is 8.98. The monoisotopic (exact) mass is 591 g/mol. The van der Waals surface area contributed by atoms with E-state index in [2.05, 4.69) is 0 Å². The molecule has 3 aliphatic carbocycles. The molecule has 1 saturated carbocycles. The normalized spacial score (nSPS) is 26.2. The second-order valence-electron chi connectivity index (χ2n) is 12.0. The molecular formula is C31H33N3O9. The van der Waals surface area contributed by atoms with Crippen molar-refractivity contribution in [2.24, 2.45) is 17.6 Å². The number of ether oxygens (including phenoxy) is 2. The molecule has 4 atom stereocenters. The van der Waals surface area contributed by atoms with Crippen LogP contribution in [0.1, 0.15) is 23.1 Å². The first-order valence-corrected chi connectivity index (χ1v) is 13.8. The molecule has 0 spiro atoms. The minimum absolute atomic E-state index is 0.00650. The van der Waals surface area contributed by atoms with Gasteiger partial charge in [-0.3, -0.25) is 19.3 Å². The van der Waals surface area contributed by atoms with Crippen molar-refractivity contribution in [3.8, 4) is 28.4 Å². The standard InChI is InChI=1S/C31H33N3O9/c1-33(2)11-14-9-20-21(43-12-42-20)10-16(14)15-5-6-19(35)23-17(15)7-13-8-18-25(34(3)4)27(37)24(30(32)40)29(39)31(18,41)28(38)22(13)26(23)36/h5-6,9-10,13,18,25,35-36,39,41H,7-8,11-12H2,1-4H3,(H2,32,40)/t13-,18-,25-,31-/m0/s1. The first-order valence-electron chi connectivity index (χ1n) is 13.8. The molecule has 226 valence electrons. The molecule has 1 heterocycles. The number of fused-ring (bicyclic) bond motifs is 4. The topological polar surface area (TPSA) is 183 Å². The van der Waals surface area contributed by atoms with Gasteiger partial charge in [0.1, 0.15) is 22.8 Å². The first-order chi connectivity index (χ1) is 20.3. The molecule has 43 heavy (non-hydrogen) atoms. The maximum atomic E-state index is 14.1. The van der Waals surface area contributed by atoms with Crippen LogP contribution in [0.15, 0.2) is 41.2 Å². The zero-order valence-electron chi connectivity index (χ0n) is 24.2. The number of rotatable bonds is 5. The fourth-order valence-corrected chi connectivity index (χ4v) is 7.20. The number of hydrogen-bond acceptors (Lipinski definition) is 11. The van der Waals surface area contributed by atoms with Crippen molar-refractivity contribution in [1.29, 1.82) is 0 Å². The molecule has 0 aromatic heterocycles. The van der Waals surface area contributed by atoms with Gasteiger partial charge in [0.2, 0.25) is 12.6 Å². The molecular weight excluding hydrogens is 558 g/mol. The molecule has 4 aliphatic rings. The van der Waals surface area contributed by atoms with E-state index in [1.807, 2.05) is 31.1 Å². The van der Waals surface area contributed by atoms with Crippen LogP contribution in [0.4, 0.5) is 0 Å². The number of carbonyl (C=O) groups excluding carboxylic acids is 3. The number of primary amides is 1. The number of likely N-dealkylation sites (N-methyl/N-ethyl adjacent to an activating group) is 1. The maximum Gasteiger partial charge on any atom is 0.255 e. The Labute approximate surface area is 247 Å². The summed E-state index contributed by atoms with van der Waals surface area (Å²) in [4.78, 5) is 43.1. The van der Waals surface area contributed by atoms with Crippen molar-refractivity contribution >= 4 is 23.2 Å². The molecule has 12 nitrogen and oxygen atoms in total. The highest BCUT2D eigenvalue weighted by Gasteiger charge is 2.64. The molecule has 0 saturated heterocycles. The number of benzene rings is 2. The molecule has 12 heteroatoms. The van der Waals surface area contributed by atoms with Gasteiger partial charge < -0.3 is 40.5 Å². The fourth-order valence-electron chi connectivity index (χ4n) is 7.20. The van der Waals surface area contributed by atoms with Gasteiger partial charge in [-0.05, 0) is 87.4 Å². The zero-order valence-corrected chi connectivity index (χ0v) is 24.2. The van der Waals surface area contributed by atoms with E-state index in [0.29, 0.717) is 29.2 Å². The largest absolute Gasteiger partial charge is 0.508 e. The number of aliphatic hydroxyl groups excluding tert-OH is 2. The molecule has 6 rings (SSSR count). The average Bonchev–Trinajstić information content (AvgIpc) is 3.37. The number of amides is 1. The van der Waals surface area contributed by atoms with Gasteiger partial charge in [-0.25, -0.2) is 0 Å². The smallest absolute Gasteiger partial charge is 0.255 e. The quantitative estimate of drug-likeness (QED) is 0.317. The third-order valence-electron chi connectivity index (χ3n) is 8.98. The Kier molecular flexibility index (Phi) is 6.56. The van der Waals surface area contributed by atoms with Crippen molar-refractivity contribution in [2.75, 3.05) is 35.0 Å². The van der Waals surface area contributed by atoms with Gasteiger partial charge in [-0.1, -0.05) is 6.07 Å². The van der Waals surface area contributed by atoms with Gasteiger partial charge in [0.05, 0.1) is 11.6 Å². The van der Waals surface area contributed by atoms with Crippen LogP contribution < -0.4 is 15.2 Å². The van der Waals surface area contributed by atoms with Crippen LogP contribution in [-0.4, -0.2) is 94.3 Å². The van der Waals surface area contributed by atoms with Gasteiger partial charge in [-0.15, -0.1) is 0 Å². The van der Waals surface area contributed by atoms with Gasteiger partial charge in [-0.2, -0.15) is 0 Å². The fraction of sp³-hybridized carbons (Fsp3) is 0.387. The second kappa shape index (κ2) is 9.83. The Morgan fingerprint density at radius 3 is 2.35 bits per heavy atom. The average molecular weight is 592 g/mol. The molecule has 1 amide bonds. The lowest BCUT2D eigenvalue weighted by Gasteiger charge is -2.50. The van der Waals surface area contributed by atoms with Crippen LogP contribution in [0.2, 0.25) is 0 Å². The molecule has 2 aromatic rings. The molecule has 0 radical (unpaired) electrons. The number of hydrogen-bond donors (Lipinski definition) is 5. The van der Waals surface area contributed by atoms with Crippen molar-refractivity contribution in [1.82, 2.24) is 9.80 Å². The summed E-state index contributed by atoms with van der Waals surface area (Å²) in [5.74, 6) is -5.72. The maximum absolute atomic E-state index is 14.1. The lowest BCUT2D eigenvalue weighted by atomic mass is 9.57. The van der Waals surface area contributed by atoms with Gasteiger partial charge in [0, 0.05) is 18.0 Å². The predicted octanol–water partition coefficient (Wildman–Crippen LogP) is 1.42. The van der Waals surface area contributed by atoms with Crippen LogP contribution in [0.3, 0.4) is 0 Å². The summed E-state index contributed by atoms with van der Waals surface area (Å²) >= 11 is 0. The van der Waals surface area contributed by atoms with Crippen LogP contribution in [0.5, 0.6) is 17.2 Å². The minimum Gasteiger partial charge on any atom is -0.508 e. The highest BCUT2D eigenvalue weighted by molar-refractivity contribution is 6.24. The number of aromatic hydroxyl groups is 1. The number of aliphatic hydroxyl groups is 3. The predicted molar refractivity (Wildman–Crippen MR) is 153 cm³/mol. The highest BCUT2D eigenvalue weighted by Crippen LogP contribution is 2.54. The van der Waals surface area contributed by atoms with E-state index in [9.17, 15) is 34.8 Å². The van der Waals surface area contributed by atoms with Gasteiger partial charge in [0.25, 0.3) is 5.91 Å². The van der Waals surface area contributed by atoms with E-state index in [-0.39, 0.29) is 36.5 Å². The van der Waals surface area contributed by atoms with E-state index < -0.39 is 58.0 Å². The number of ketones is 2. The molecule has 0 unspecified atom stereocenters. The van der Waals surface area contributed by atoms with Crippen LogP contribution in [0.25, 0.3) is 16.9 Å². The number of Topliss-reactive ketones (excluding diaryl/α,β-unsaturated/α-hetero) is 2. The van der Waals surface area contributed by atoms with E-state index in [0.717, 1.165) is 11.1 Å². The SMILES string of the molecule is CN(C)Cc1cc2c(cc1-c1ccc(O)c3c1C[C@H]1C[C@H]4[C@H](N(C)C)C(=O)C(C(N)=O)=C(O)[C@@]4(O)C(=O)C1=C3O)OCO2. The van der Waals surface area contributed by atoms with Crippen LogP contribution in [-0.2, 0) is 27.3 Å². The molecule has 2 aromatic carbocycles. The van der Waals surface area contributed by atoms with Crippen LogP contribution >= 0.6 is 0 Å². The summed E-state index contributed by atoms with van der Waals surface area (Å²) in [6.45, 7) is 0.631. The second-order valence-corrected chi connectivity index (χ2v) is 12.0. The number of nitrogens with two attached hydrogens (primary N) is 1. The van der Waals surface area contributed by atoms with E-state index in [4.69, 9.17) is 15.2 Å². The van der Waals surface area contributed by atoms with Crippen LogP contribution in [0, 0.1) is 11.8 Å². The Morgan fingerprint density at radius 2 is 1.72 bits per heavy atom. The lowest BCUT2D eigenvalue weighted by molar-refractivity contribution is -0.153.